The number of ether oxygens (including phenoxy) is 1. The molecule has 0 bridgehead atoms. The first-order chi connectivity index (χ1) is 8.93. The highest BCUT2D eigenvalue weighted by molar-refractivity contribution is 5.91. The minimum Gasteiger partial charge on any atom is -0.378 e. The van der Waals surface area contributed by atoms with Crippen LogP contribution in [0.15, 0.2) is 0 Å². The molecule has 19 heavy (non-hydrogen) atoms. The normalized spacial score (nSPS) is 27.5. The van der Waals surface area contributed by atoms with Crippen LogP contribution in [0.5, 0.6) is 0 Å². The molecule has 0 aromatic heterocycles. The fraction of sp³-hybridized carbons (Fsp3) is 0.846. The molecular weight excluding hydrogens is 246 g/mol. The molecule has 0 aromatic rings. The van der Waals surface area contributed by atoms with Gasteiger partial charge in [-0.15, -0.1) is 0 Å². The summed E-state index contributed by atoms with van der Waals surface area (Å²) in [6.07, 6.45) is 0.389. The molecule has 6 nitrogen and oxygen atoms in total. The molecule has 2 fully saturated rings. The Balaban J connectivity index is 1.99. The van der Waals surface area contributed by atoms with Crippen molar-refractivity contribution in [3.63, 3.8) is 0 Å². The van der Waals surface area contributed by atoms with Gasteiger partial charge in [0.1, 0.15) is 5.54 Å². The van der Waals surface area contributed by atoms with Gasteiger partial charge < -0.3 is 19.9 Å². The van der Waals surface area contributed by atoms with Gasteiger partial charge in [0.2, 0.25) is 11.8 Å². The summed E-state index contributed by atoms with van der Waals surface area (Å²) in [5.41, 5.74) is -0.750. The van der Waals surface area contributed by atoms with E-state index in [4.69, 9.17) is 4.74 Å². The maximum absolute atomic E-state index is 12.4. The summed E-state index contributed by atoms with van der Waals surface area (Å²) in [5.74, 6) is 0.0226. The van der Waals surface area contributed by atoms with E-state index >= 15 is 0 Å². The van der Waals surface area contributed by atoms with Crippen molar-refractivity contribution in [1.82, 2.24) is 15.1 Å². The minimum atomic E-state index is -0.750. The molecule has 2 aliphatic rings. The summed E-state index contributed by atoms with van der Waals surface area (Å²) < 4.78 is 5.35. The van der Waals surface area contributed by atoms with Crippen LogP contribution < -0.4 is 5.32 Å². The van der Waals surface area contributed by atoms with Crippen molar-refractivity contribution in [1.29, 1.82) is 0 Å². The van der Waals surface area contributed by atoms with Crippen molar-refractivity contribution in [2.75, 3.05) is 39.9 Å². The topological polar surface area (TPSA) is 61.9 Å². The standard InChI is InChI=1S/C13H23N3O3/c1-13(2)12(18)15(3)5-6-16(13)11(17)8-10-9-19-7-4-14-10/h10,14H,4-9H2,1-3H3. The molecule has 0 radical (unpaired) electrons. The fourth-order valence-corrected chi connectivity index (χ4v) is 2.72. The van der Waals surface area contributed by atoms with Crippen LogP contribution in [-0.4, -0.2) is 73.1 Å². The van der Waals surface area contributed by atoms with Crippen molar-refractivity contribution in [3.8, 4) is 0 Å². The number of hydrogen-bond donors (Lipinski definition) is 1. The summed E-state index contributed by atoms with van der Waals surface area (Å²) in [6, 6.07) is 0.0619. The Morgan fingerprint density at radius 3 is 2.84 bits per heavy atom. The van der Waals surface area contributed by atoms with Gasteiger partial charge in [-0.25, -0.2) is 0 Å². The maximum atomic E-state index is 12.4. The number of amides is 2. The Morgan fingerprint density at radius 2 is 2.21 bits per heavy atom. The third kappa shape index (κ3) is 2.90. The van der Waals surface area contributed by atoms with Crippen LogP contribution in [-0.2, 0) is 14.3 Å². The lowest BCUT2D eigenvalue weighted by molar-refractivity contribution is -0.157. The Labute approximate surface area is 114 Å². The molecule has 108 valence electrons. The summed E-state index contributed by atoms with van der Waals surface area (Å²) in [6.45, 7) is 6.87. The molecule has 1 unspecified atom stereocenters. The first-order valence-corrected chi connectivity index (χ1v) is 6.80. The molecule has 0 spiro atoms. The third-order valence-corrected chi connectivity index (χ3v) is 3.92. The zero-order valence-electron chi connectivity index (χ0n) is 11.9. The molecular formula is C13H23N3O3. The molecule has 1 N–H and O–H groups in total. The van der Waals surface area contributed by atoms with Crippen LogP contribution in [0.1, 0.15) is 20.3 Å². The quantitative estimate of drug-likeness (QED) is 0.730. The Kier molecular flexibility index (Phi) is 4.10. The van der Waals surface area contributed by atoms with Gasteiger partial charge in [0.05, 0.1) is 13.2 Å². The highest BCUT2D eigenvalue weighted by Crippen LogP contribution is 2.23. The van der Waals surface area contributed by atoms with Gasteiger partial charge in [0, 0.05) is 39.1 Å². The average molecular weight is 269 g/mol. The van der Waals surface area contributed by atoms with E-state index in [0.717, 1.165) is 6.54 Å². The number of morpholine rings is 1. The second-order valence-electron chi connectivity index (χ2n) is 5.76. The van der Waals surface area contributed by atoms with E-state index in [2.05, 4.69) is 5.32 Å². The smallest absolute Gasteiger partial charge is 0.247 e. The van der Waals surface area contributed by atoms with Crippen LogP contribution in [0.3, 0.4) is 0 Å². The van der Waals surface area contributed by atoms with Gasteiger partial charge in [-0.2, -0.15) is 0 Å². The SMILES string of the molecule is CN1CCN(C(=O)CC2COCCN2)C(C)(C)C1=O. The first kappa shape index (κ1) is 14.3. The third-order valence-electron chi connectivity index (χ3n) is 3.92. The second-order valence-corrected chi connectivity index (χ2v) is 5.76. The van der Waals surface area contributed by atoms with E-state index < -0.39 is 5.54 Å². The first-order valence-electron chi connectivity index (χ1n) is 6.80. The molecule has 1 atom stereocenters. The lowest BCUT2D eigenvalue weighted by Crippen LogP contribution is -2.64. The number of hydrogen-bond acceptors (Lipinski definition) is 4. The van der Waals surface area contributed by atoms with E-state index in [9.17, 15) is 9.59 Å². The van der Waals surface area contributed by atoms with Crippen LogP contribution in [0.4, 0.5) is 0 Å². The fourth-order valence-electron chi connectivity index (χ4n) is 2.72. The summed E-state index contributed by atoms with van der Waals surface area (Å²) in [5, 5.41) is 3.27. The number of piperazine rings is 1. The highest BCUT2D eigenvalue weighted by atomic mass is 16.5. The number of nitrogens with one attached hydrogen (secondary N) is 1. The van der Waals surface area contributed by atoms with E-state index in [-0.39, 0.29) is 17.9 Å². The van der Waals surface area contributed by atoms with Gasteiger partial charge in [-0.3, -0.25) is 9.59 Å². The van der Waals surface area contributed by atoms with Crippen molar-refractivity contribution in [2.45, 2.75) is 31.8 Å². The van der Waals surface area contributed by atoms with Crippen LogP contribution in [0, 0.1) is 0 Å². The molecule has 2 heterocycles. The molecule has 0 saturated carbocycles. The number of nitrogens with zero attached hydrogens (tertiary/aromatic N) is 2. The van der Waals surface area contributed by atoms with Gasteiger partial charge in [0.15, 0.2) is 0 Å². The van der Waals surface area contributed by atoms with E-state index in [1.807, 2.05) is 13.8 Å². The lowest BCUT2D eigenvalue weighted by atomic mass is 9.96. The van der Waals surface area contributed by atoms with Gasteiger partial charge >= 0.3 is 0 Å². The van der Waals surface area contributed by atoms with Crippen molar-refractivity contribution in [2.24, 2.45) is 0 Å². The molecule has 6 heteroatoms. The van der Waals surface area contributed by atoms with Crippen LogP contribution in [0.25, 0.3) is 0 Å². The Bertz CT molecular complexity index is 364. The number of carbonyl (C=O) groups is 2. The van der Waals surface area contributed by atoms with E-state index in [1.54, 1.807) is 16.8 Å². The van der Waals surface area contributed by atoms with Crippen LogP contribution in [0.2, 0.25) is 0 Å². The van der Waals surface area contributed by atoms with Crippen molar-refractivity contribution in [3.05, 3.63) is 0 Å². The zero-order chi connectivity index (χ0) is 14.0. The van der Waals surface area contributed by atoms with Gasteiger partial charge in [0.25, 0.3) is 0 Å². The van der Waals surface area contributed by atoms with Crippen molar-refractivity contribution < 1.29 is 14.3 Å². The molecule has 2 rings (SSSR count). The molecule has 0 aliphatic carbocycles. The average Bonchev–Trinajstić information content (AvgIpc) is 2.37. The molecule has 2 amide bonds. The minimum absolute atomic E-state index is 0.0000432. The summed E-state index contributed by atoms with van der Waals surface area (Å²) in [7, 11) is 1.78. The van der Waals surface area contributed by atoms with E-state index in [1.165, 1.54) is 0 Å². The maximum Gasteiger partial charge on any atom is 0.247 e. The molecule has 0 aromatic carbocycles. The van der Waals surface area contributed by atoms with Crippen molar-refractivity contribution >= 4 is 11.8 Å². The van der Waals surface area contributed by atoms with Gasteiger partial charge in [-0.05, 0) is 13.8 Å². The monoisotopic (exact) mass is 269 g/mol. The second kappa shape index (κ2) is 5.46. The Hall–Kier alpha value is -1.14. The Morgan fingerprint density at radius 1 is 1.47 bits per heavy atom. The highest BCUT2D eigenvalue weighted by Gasteiger charge is 2.43. The zero-order valence-corrected chi connectivity index (χ0v) is 11.9. The lowest BCUT2D eigenvalue weighted by Gasteiger charge is -2.45. The van der Waals surface area contributed by atoms with E-state index in [0.29, 0.717) is 32.7 Å². The molecule has 2 aliphatic heterocycles. The summed E-state index contributed by atoms with van der Waals surface area (Å²) in [4.78, 5) is 27.9. The molecule has 2 saturated heterocycles. The largest absolute Gasteiger partial charge is 0.378 e. The number of likely N-dealkylation sites (N-methyl/N-ethyl adjacent to an activating group) is 1. The van der Waals surface area contributed by atoms with Gasteiger partial charge in [-0.1, -0.05) is 0 Å². The van der Waals surface area contributed by atoms with Crippen LogP contribution >= 0.6 is 0 Å². The summed E-state index contributed by atoms with van der Waals surface area (Å²) >= 11 is 0. The predicted octanol–water partition coefficient (Wildman–Crippen LogP) is -0.556. The number of carbonyl (C=O) groups excluding carboxylic acids is 2. The number of rotatable bonds is 2. The predicted molar refractivity (Wildman–Crippen MR) is 70.7 cm³/mol.